The Morgan fingerprint density at radius 3 is 2.57 bits per heavy atom. The maximum atomic E-state index is 9.85. The fraction of sp³-hybridized carbons (Fsp3) is 0.600. The van der Waals surface area contributed by atoms with Crippen LogP contribution >= 0.6 is 0 Å². The highest BCUT2D eigenvalue weighted by molar-refractivity contribution is 5.39. The van der Waals surface area contributed by atoms with Crippen molar-refractivity contribution >= 4 is 0 Å². The average molecular weight is 299 g/mol. The number of hydrogen-bond acceptors (Lipinski definition) is 6. The van der Waals surface area contributed by atoms with E-state index in [1.165, 1.54) is 0 Å². The minimum atomic E-state index is -0.988. The van der Waals surface area contributed by atoms with Crippen LogP contribution < -0.4 is 14.8 Å². The molecule has 0 aliphatic rings. The second kappa shape index (κ2) is 8.84. The van der Waals surface area contributed by atoms with Crippen LogP contribution in [-0.4, -0.2) is 60.4 Å². The SMILES string of the molecule is COc1ccccc1OCC(O)CNCC(C)(O)CCO. The second-order valence-electron chi connectivity index (χ2n) is 5.22. The number of methoxy groups -OCH3 is 1. The highest BCUT2D eigenvalue weighted by atomic mass is 16.5. The minimum Gasteiger partial charge on any atom is -0.493 e. The Balaban J connectivity index is 2.29. The Labute approximate surface area is 125 Å². The van der Waals surface area contributed by atoms with E-state index in [4.69, 9.17) is 14.6 Å². The molecule has 2 atom stereocenters. The molecule has 4 N–H and O–H groups in total. The van der Waals surface area contributed by atoms with Gasteiger partial charge in [-0.25, -0.2) is 0 Å². The fourth-order valence-corrected chi connectivity index (χ4v) is 1.82. The Hall–Kier alpha value is -1.34. The summed E-state index contributed by atoms with van der Waals surface area (Å²) in [6.07, 6.45) is -0.423. The molecule has 0 aliphatic carbocycles. The van der Waals surface area contributed by atoms with Crippen molar-refractivity contribution in [3.63, 3.8) is 0 Å². The van der Waals surface area contributed by atoms with E-state index in [0.29, 0.717) is 18.0 Å². The second-order valence-corrected chi connectivity index (χ2v) is 5.22. The van der Waals surface area contributed by atoms with Crippen LogP contribution in [0.4, 0.5) is 0 Å². The van der Waals surface area contributed by atoms with Gasteiger partial charge in [0.15, 0.2) is 11.5 Å². The smallest absolute Gasteiger partial charge is 0.161 e. The van der Waals surface area contributed by atoms with Crippen molar-refractivity contribution in [2.75, 3.05) is 33.4 Å². The summed E-state index contributed by atoms with van der Waals surface area (Å²) in [5.74, 6) is 1.19. The van der Waals surface area contributed by atoms with Gasteiger partial charge in [0.2, 0.25) is 0 Å². The van der Waals surface area contributed by atoms with Crippen LogP contribution in [0.25, 0.3) is 0 Å². The van der Waals surface area contributed by atoms with Crippen molar-refractivity contribution in [1.29, 1.82) is 0 Å². The standard InChI is InChI=1S/C15H25NO5/c1-15(19,7-8-17)11-16-9-12(18)10-21-14-6-4-3-5-13(14)20-2/h3-6,12,16-19H,7-11H2,1-2H3. The van der Waals surface area contributed by atoms with Crippen LogP contribution in [0, 0.1) is 0 Å². The Kier molecular flexibility index (Phi) is 7.45. The predicted octanol–water partition coefficient (Wildman–Crippen LogP) is 0.158. The number of ether oxygens (including phenoxy) is 2. The van der Waals surface area contributed by atoms with E-state index in [9.17, 15) is 10.2 Å². The first-order valence-corrected chi connectivity index (χ1v) is 6.96. The van der Waals surface area contributed by atoms with Gasteiger partial charge in [0.05, 0.1) is 12.7 Å². The van der Waals surface area contributed by atoms with Crippen molar-refractivity contribution in [1.82, 2.24) is 5.32 Å². The molecule has 0 aliphatic heterocycles. The molecule has 0 saturated carbocycles. The van der Waals surface area contributed by atoms with Crippen molar-refractivity contribution in [2.24, 2.45) is 0 Å². The summed E-state index contributed by atoms with van der Waals surface area (Å²) in [5, 5.41) is 31.4. The highest BCUT2D eigenvalue weighted by Gasteiger charge is 2.19. The molecule has 0 fully saturated rings. The van der Waals surface area contributed by atoms with E-state index >= 15 is 0 Å². The van der Waals surface area contributed by atoms with Gasteiger partial charge in [0.25, 0.3) is 0 Å². The molecule has 0 bridgehead atoms. The number of rotatable bonds is 10. The van der Waals surface area contributed by atoms with Gasteiger partial charge < -0.3 is 30.1 Å². The Morgan fingerprint density at radius 1 is 1.29 bits per heavy atom. The van der Waals surface area contributed by atoms with Gasteiger partial charge >= 0.3 is 0 Å². The number of para-hydroxylation sites is 2. The van der Waals surface area contributed by atoms with Gasteiger partial charge in [-0.2, -0.15) is 0 Å². The average Bonchev–Trinajstić information content (AvgIpc) is 2.45. The zero-order chi connectivity index (χ0) is 15.7. The Morgan fingerprint density at radius 2 is 1.95 bits per heavy atom. The van der Waals surface area contributed by atoms with Crippen molar-refractivity contribution in [3.05, 3.63) is 24.3 Å². The minimum absolute atomic E-state index is 0.0753. The van der Waals surface area contributed by atoms with Crippen LogP contribution in [0.2, 0.25) is 0 Å². The van der Waals surface area contributed by atoms with Gasteiger partial charge in [-0.1, -0.05) is 12.1 Å². The summed E-state index contributed by atoms with van der Waals surface area (Å²) < 4.78 is 10.7. The van der Waals surface area contributed by atoms with Gasteiger partial charge in [0.1, 0.15) is 12.7 Å². The van der Waals surface area contributed by atoms with Gasteiger partial charge in [-0.15, -0.1) is 0 Å². The first kappa shape index (κ1) is 17.7. The molecule has 0 aromatic heterocycles. The normalized spacial score (nSPS) is 15.3. The molecule has 1 aromatic rings. The quantitative estimate of drug-likeness (QED) is 0.492. The monoisotopic (exact) mass is 299 g/mol. The molecular formula is C15H25NO5. The maximum absolute atomic E-state index is 9.85. The molecular weight excluding hydrogens is 274 g/mol. The molecule has 2 unspecified atom stereocenters. The fourth-order valence-electron chi connectivity index (χ4n) is 1.82. The number of nitrogens with one attached hydrogen (secondary N) is 1. The molecule has 0 saturated heterocycles. The summed E-state index contributed by atoms with van der Waals surface area (Å²) in [7, 11) is 1.56. The molecule has 6 nitrogen and oxygen atoms in total. The lowest BCUT2D eigenvalue weighted by molar-refractivity contribution is 0.0285. The topological polar surface area (TPSA) is 91.2 Å². The number of aliphatic hydroxyl groups is 3. The van der Waals surface area contributed by atoms with Crippen LogP contribution in [0.1, 0.15) is 13.3 Å². The summed E-state index contributed by atoms with van der Waals surface area (Å²) >= 11 is 0. The van der Waals surface area contributed by atoms with E-state index in [1.54, 1.807) is 26.2 Å². The summed E-state index contributed by atoms with van der Waals surface area (Å²) in [5.41, 5.74) is -0.988. The molecule has 1 rings (SSSR count). The number of aliphatic hydroxyl groups excluding tert-OH is 2. The summed E-state index contributed by atoms with van der Waals surface area (Å²) in [6.45, 7) is 2.26. The van der Waals surface area contributed by atoms with Crippen LogP contribution in [-0.2, 0) is 0 Å². The van der Waals surface area contributed by atoms with Crippen LogP contribution in [0.15, 0.2) is 24.3 Å². The Bertz CT molecular complexity index is 411. The first-order chi connectivity index (χ1) is 9.98. The zero-order valence-corrected chi connectivity index (χ0v) is 12.6. The maximum Gasteiger partial charge on any atom is 0.161 e. The molecule has 0 radical (unpaired) electrons. The van der Waals surface area contributed by atoms with Gasteiger partial charge in [-0.05, 0) is 19.1 Å². The number of benzene rings is 1. The van der Waals surface area contributed by atoms with Crippen LogP contribution in [0.5, 0.6) is 11.5 Å². The van der Waals surface area contributed by atoms with E-state index in [2.05, 4.69) is 5.32 Å². The van der Waals surface area contributed by atoms with Crippen LogP contribution in [0.3, 0.4) is 0 Å². The summed E-state index contributed by atoms with van der Waals surface area (Å²) in [4.78, 5) is 0. The van der Waals surface area contributed by atoms with Crippen molar-refractivity contribution < 1.29 is 24.8 Å². The largest absolute Gasteiger partial charge is 0.493 e. The third-order valence-electron chi connectivity index (χ3n) is 3.04. The predicted molar refractivity (Wildman–Crippen MR) is 79.7 cm³/mol. The third-order valence-corrected chi connectivity index (χ3v) is 3.04. The lowest BCUT2D eigenvalue weighted by Crippen LogP contribution is -2.42. The van der Waals surface area contributed by atoms with E-state index in [0.717, 1.165) is 0 Å². The lowest BCUT2D eigenvalue weighted by atomic mass is 10.0. The number of hydrogen-bond donors (Lipinski definition) is 4. The van der Waals surface area contributed by atoms with Crippen molar-refractivity contribution in [2.45, 2.75) is 25.0 Å². The van der Waals surface area contributed by atoms with Crippen molar-refractivity contribution in [3.8, 4) is 11.5 Å². The first-order valence-electron chi connectivity index (χ1n) is 6.96. The summed E-state index contributed by atoms with van der Waals surface area (Å²) in [6, 6.07) is 7.22. The third kappa shape index (κ3) is 6.77. The highest BCUT2D eigenvalue weighted by Crippen LogP contribution is 2.25. The molecule has 21 heavy (non-hydrogen) atoms. The lowest BCUT2D eigenvalue weighted by Gasteiger charge is -2.23. The molecule has 0 amide bonds. The van der Waals surface area contributed by atoms with E-state index < -0.39 is 11.7 Å². The molecule has 0 spiro atoms. The van der Waals surface area contributed by atoms with Gasteiger partial charge in [-0.3, -0.25) is 0 Å². The molecule has 6 heteroatoms. The molecule has 120 valence electrons. The van der Waals surface area contributed by atoms with E-state index in [1.807, 2.05) is 12.1 Å². The zero-order valence-electron chi connectivity index (χ0n) is 12.6. The van der Waals surface area contributed by atoms with Gasteiger partial charge in [0, 0.05) is 26.1 Å². The molecule has 0 heterocycles. The van der Waals surface area contributed by atoms with E-state index in [-0.39, 0.29) is 26.2 Å². The molecule has 1 aromatic carbocycles.